The SMILES string of the molecule is CC(C)c1cccc(C(C)CF)c1. The molecule has 0 amide bonds. The molecule has 13 heavy (non-hydrogen) atoms. The summed E-state index contributed by atoms with van der Waals surface area (Å²) in [5.41, 5.74) is 2.39. The molecule has 0 saturated carbocycles. The molecule has 1 heteroatoms. The summed E-state index contributed by atoms with van der Waals surface area (Å²) < 4.78 is 12.4. The van der Waals surface area contributed by atoms with Gasteiger partial charge in [-0.2, -0.15) is 0 Å². The van der Waals surface area contributed by atoms with Crippen molar-refractivity contribution in [3.05, 3.63) is 35.4 Å². The van der Waals surface area contributed by atoms with Crippen LogP contribution in [0.1, 0.15) is 43.7 Å². The number of rotatable bonds is 3. The minimum atomic E-state index is -0.276. The van der Waals surface area contributed by atoms with Gasteiger partial charge in [-0.15, -0.1) is 0 Å². The van der Waals surface area contributed by atoms with Gasteiger partial charge in [0.15, 0.2) is 0 Å². The Balaban J connectivity index is 2.91. The number of hydrogen-bond acceptors (Lipinski definition) is 0. The van der Waals surface area contributed by atoms with E-state index in [4.69, 9.17) is 0 Å². The van der Waals surface area contributed by atoms with Gasteiger partial charge in [0.05, 0.1) is 6.67 Å². The Morgan fingerprint density at radius 3 is 2.31 bits per heavy atom. The fourth-order valence-corrected chi connectivity index (χ4v) is 1.31. The maximum Gasteiger partial charge on any atom is 0.0960 e. The van der Waals surface area contributed by atoms with Crippen molar-refractivity contribution in [2.24, 2.45) is 0 Å². The fraction of sp³-hybridized carbons (Fsp3) is 0.500. The van der Waals surface area contributed by atoms with Crippen LogP contribution in [-0.4, -0.2) is 6.67 Å². The van der Waals surface area contributed by atoms with Crippen LogP contribution in [0.4, 0.5) is 4.39 Å². The van der Waals surface area contributed by atoms with Crippen molar-refractivity contribution in [2.75, 3.05) is 6.67 Å². The second-order valence-electron chi connectivity index (χ2n) is 3.88. The molecule has 0 radical (unpaired) electrons. The zero-order chi connectivity index (χ0) is 9.84. The third-order valence-corrected chi connectivity index (χ3v) is 2.38. The summed E-state index contributed by atoms with van der Waals surface area (Å²) in [6, 6.07) is 8.21. The standard InChI is InChI=1S/C12H17F/c1-9(2)11-5-4-6-12(7-11)10(3)8-13/h4-7,9-10H,8H2,1-3H3. The summed E-state index contributed by atoms with van der Waals surface area (Å²) in [4.78, 5) is 0. The summed E-state index contributed by atoms with van der Waals surface area (Å²) in [6.45, 7) is 5.94. The van der Waals surface area contributed by atoms with E-state index in [2.05, 4.69) is 26.0 Å². The first-order chi connectivity index (χ1) is 6.15. The fourth-order valence-electron chi connectivity index (χ4n) is 1.31. The number of hydrogen-bond donors (Lipinski definition) is 0. The van der Waals surface area contributed by atoms with Gasteiger partial charge < -0.3 is 0 Å². The van der Waals surface area contributed by atoms with Gasteiger partial charge in [-0.25, -0.2) is 0 Å². The monoisotopic (exact) mass is 180 g/mol. The third kappa shape index (κ3) is 2.55. The van der Waals surface area contributed by atoms with Crippen molar-refractivity contribution in [1.29, 1.82) is 0 Å². The van der Waals surface area contributed by atoms with E-state index in [0.717, 1.165) is 5.56 Å². The maximum absolute atomic E-state index is 12.4. The molecule has 0 N–H and O–H groups in total. The van der Waals surface area contributed by atoms with Crippen LogP contribution in [0.2, 0.25) is 0 Å². The number of halogens is 1. The van der Waals surface area contributed by atoms with Gasteiger partial charge in [0.25, 0.3) is 0 Å². The lowest BCUT2D eigenvalue weighted by molar-refractivity contribution is 0.447. The first-order valence-corrected chi connectivity index (χ1v) is 4.81. The van der Waals surface area contributed by atoms with Crippen molar-refractivity contribution in [3.63, 3.8) is 0 Å². The molecule has 72 valence electrons. The minimum Gasteiger partial charge on any atom is -0.250 e. The van der Waals surface area contributed by atoms with Gasteiger partial charge >= 0.3 is 0 Å². The zero-order valence-electron chi connectivity index (χ0n) is 8.55. The lowest BCUT2D eigenvalue weighted by Crippen LogP contribution is -1.97. The second-order valence-corrected chi connectivity index (χ2v) is 3.88. The van der Waals surface area contributed by atoms with Crippen molar-refractivity contribution in [1.82, 2.24) is 0 Å². The Bertz CT molecular complexity index is 266. The topological polar surface area (TPSA) is 0 Å². The Labute approximate surface area is 79.8 Å². The summed E-state index contributed by atoms with van der Waals surface area (Å²) in [7, 11) is 0. The van der Waals surface area contributed by atoms with Crippen molar-refractivity contribution < 1.29 is 4.39 Å². The quantitative estimate of drug-likeness (QED) is 0.662. The molecule has 1 atom stereocenters. The molecule has 1 rings (SSSR count). The van der Waals surface area contributed by atoms with Crippen molar-refractivity contribution >= 4 is 0 Å². The Kier molecular flexibility index (Phi) is 3.47. The molecular weight excluding hydrogens is 163 g/mol. The van der Waals surface area contributed by atoms with Gasteiger partial charge in [-0.05, 0) is 17.0 Å². The smallest absolute Gasteiger partial charge is 0.0960 e. The molecule has 1 unspecified atom stereocenters. The van der Waals surface area contributed by atoms with E-state index in [-0.39, 0.29) is 12.6 Å². The average molecular weight is 180 g/mol. The first kappa shape index (κ1) is 10.2. The molecule has 0 aliphatic carbocycles. The van der Waals surface area contributed by atoms with Crippen LogP contribution in [0.5, 0.6) is 0 Å². The van der Waals surface area contributed by atoms with E-state index in [0.29, 0.717) is 5.92 Å². The Morgan fingerprint density at radius 1 is 1.15 bits per heavy atom. The highest BCUT2D eigenvalue weighted by atomic mass is 19.1. The largest absolute Gasteiger partial charge is 0.250 e. The van der Waals surface area contributed by atoms with Crippen molar-refractivity contribution in [2.45, 2.75) is 32.6 Å². The van der Waals surface area contributed by atoms with Crippen LogP contribution in [-0.2, 0) is 0 Å². The van der Waals surface area contributed by atoms with Crippen LogP contribution in [0.3, 0.4) is 0 Å². The van der Waals surface area contributed by atoms with E-state index >= 15 is 0 Å². The van der Waals surface area contributed by atoms with Crippen LogP contribution in [0, 0.1) is 0 Å². The molecular formula is C12H17F. The van der Waals surface area contributed by atoms with Crippen LogP contribution >= 0.6 is 0 Å². The molecule has 0 aliphatic rings. The summed E-state index contributed by atoms with van der Waals surface area (Å²) in [5, 5.41) is 0. The highest BCUT2D eigenvalue weighted by Gasteiger charge is 2.06. The van der Waals surface area contributed by atoms with Gasteiger partial charge in [0, 0.05) is 5.92 Å². The zero-order valence-corrected chi connectivity index (χ0v) is 8.55. The van der Waals surface area contributed by atoms with Crippen molar-refractivity contribution in [3.8, 4) is 0 Å². The predicted molar refractivity (Wildman–Crippen MR) is 54.9 cm³/mol. The number of benzene rings is 1. The van der Waals surface area contributed by atoms with E-state index in [9.17, 15) is 4.39 Å². The van der Waals surface area contributed by atoms with Gasteiger partial charge in [-0.3, -0.25) is 4.39 Å². The molecule has 0 bridgehead atoms. The lowest BCUT2D eigenvalue weighted by atomic mass is 9.96. The molecule has 0 fully saturated rings. The van der Waals surface area contributed by atoms with Gasteiger partial charge in [0.1, 0.15) is 0 Å². The third-order valence-electron chi connectivity index (χ3n) is 2.38. The second kappa shape index (κ2) is 4.40. The Hall–Kier alpha value is -0.850. The lowest BCUT2D eigenvalue weighted by Gasteiger charge is -2.11. The van der Waals surface area contributed by atoms with E-state index in [1.54, 1.807) is 0 Å². The molecule has 1 aromatic rings. The van der Waals surface area contributed by atoms with Gasteiger partial charge in [0.2, 0.25) is 0 Å². The normalized spacial score (nSPS) is 13.3. The van der Waals surface area contributed by atoms with E-state index in [1.807, 2.05) is 19.1 Å². The highest BCUT2D eigenvalue weighted by molar-refractivity contribution is 5.27. The maximum atomic E-state index is 12.4. The first-order valence-electron chi connectivity index (χ1n) is 4.81. The van der Waals surface area contributed by atoms with Crippen LogP contribution < -0.4 is 0 Å². The summed E-state index contributed by atoms with van der Waals surface area (Å²) in [6.07, 6.45) is 0. The molecule has 0 spiro atoms. The van der Waals surface area contributed by atoms with E-state index in [1.165, 1.54) is 5.56 Å². The molecule has 0 saturated heterocycles. The Morgan fingerprint density at radius 2 is 1.77 bits per heavy atom. The average Bonchev–Trinajstić information content (AvgIpc) is 2.17. The summed E-state index contributed by atoms with van der Waals surface area (Å²) >= 11 is 0. The number of alkyl halides is 1. The van der Waals surface area contributed by atoms with Crippen LogP contribution in [0.15, 0.2) is 24.3 Å². The molecule has 0 aromatic heterocycles. The molecule has 0 nitrogen and oxygen atoms in total. The predicted octanol–water partition coefficient (Wildman–Crippen LogP) is 3.88. The van der Waals surface area contributed by atoms with E-state index < -0.39 is 0 Å². The highest BCUT2D eigenvalue weighted by Crippen LogP contribution is 2.21. The van der Waals surface area contributed by atoms with Gasteiger partial charge in [-0.1, -0.05) is 45.0 Å². The van der Waals surface area contributed by atoms with Crippen LogP contribution in [0.25, 0.3) is 0 Å². The molecule has 1 aromatic carbocycles. The molecule has 0 aliphatic heterocycles. The molecule has 0 heterocycles. The summed E-state index contributed by atoms with van der Waals surface area (Å²) in [5.74, 6) is 0.547. The minimum absolute atomic E-state index is 0.0266.